The number of urea groups is 1. The summed E-state index contributed by atoms with van der Waals surface area (Å²) in [6.07, 6.45) is -0.340. The Balaban J connectivity index is 1.69. The second-order valence-corrected chi connectivity index (χ2v) is 5.24. The van der Waals surface area contributed by atoms with Crippen molar-refractivity contribution in [2.45, 2.75) is 6.61 Å². The first-order valence-electron chi connectivity index (χ1n) is 7.68. The lowest BCUT2D eigenvalue weighted by atomic mass is 10.2. The molecule has 0 unspecified atom stereocenters. The number of carbonyl (C=O) groups excluding carboxylic acids is 2. The molecule has 1 aromatic rings. The molecule has 1 heterocycles. The maximum Gasteiger partial charge on any atom is 0.410 e. The molecule has 1 aromatic carbocycles. The second-order valence-electron chi connectivity index (χ2n) is 5.24. The van der Waals surface area contributed by atoms with Gasteiger partial charge in [-0.1, -0.05) is 30.3 Å². The Hall–Kier alpha value is -2.28. The van der Waals surface area contributed by atoms with Crippen LogP contribution in [0.2, 0.25) is 0 Å². The summed E-state index contributed by atoms with van der Waals surface area (Å²) < 4.78 is 10.2. The smallest absolute Gasteiger partial charge is 0.410 e. The van der Waals surface area contributed by atoms with Crippen LogP contribution in [0.3, 0.4) is 0 Å². The molecule has 3 amide bonds. The van der Waals surface area contributed by atoms with E-state index in [4.69, 9.17) is 9.47 Å². The van der Waals surface area contributed by atoms with Crippen LogP contribution in [0.25, 0.3) is 0 Å². The highest BCUT2D eigenvalue weighted by molar-refractivity contribution is 5.75. The zero-order valence-electron chi connectivity index (χ0n) is 13.4. The Morgan fingerprint density at radius 2 is 1.74 bits per heavy atom. The molecule has 0 bridgehead atoms. The number of rotatable bonds is 5. The SMILES string of the molecule is COCCNC(=O)N1CCN(C(=O)OCc2ccccc2)CC1. The lowest BCUT2D eigenvalue weighted by Crippen LogP contribution is -2.53. The van der Waals surface area contributed by atoms with E-state index < -0.39 is 0 Å². The first-order valence-corrected chi connectivity index (χ1v) is 7.68. The van der Waals surface area contributed by atoms with Gasteiger partial charge in [0.15, 0.2) is 0 Å². The molecule has 126 valence electrons. The summed E-state index contributed by atoms with van der Waals surface area (Å²) in [6, 6.07) is 9.43. The molecule has 7 nitrogen and oxygen atoms in total. The number of methoxy groups -OCH3 is 1. The number of amides is 3. The third kappa shape index (κ3) is 5.45. The van der Waals surface area contributed by atoms with Crippen LogP contribution < -0.4 is 5.32 Å². The minimum absolute atomic E-state index is 0.126. The topological polar surface area (TPSA) is 71.1 Å². The van der Waals surface area contributed by atoms with Crippen molar-refractivity contribution >= 4 is 12.1 Å². The van der Waals surface area contributed by atoms with Crippen LogP contribution in [0.4, 0.5) is 9.59 Å². The number of nitrogens with zero attached hydrogens (tertiary/aromatic N) is 2. The summed E-state index contributed by atoms with van der Waals surface area (Å²) in [6.45, 7) is 3.18. The van der Waals surface area contributed by atoms with Crippen LogP contribution in [0.1, 0.15) is 5.56 Å². The van der Waals surface area contributed by atoms with E-state index in [1.807, 2.05) is 30.3 Å². The van der Waals surface area contributed by atoms with Gasteiger partial charge in [0.25, 0.3) is 0 Å². The van der Waals surface area contributed by atoms with Crippen LogP contribution in [-0.2, 0) is 16.1 Å². The normalized spacial score (nSPS) is 14.5. The molecule has 1 saturated heterocycles. The van der Waals surface area contributed by atoms with Crippen LogP contribution >= 0.6 is 0 Å². The van der Waals surface area contributed by atoms with E-state index in [1.165, 1.54) is 0 Å². The van der Waals surface area contributed by atoms with Gasteiger partial charge in [0.2, 0.25) is 0 Å². The van der Waals surface area contributed by atoms with E-state index >= 15 is 0 Å². The Morgan fingerprint density at radius 1 is 1.09 bits per heavy atom. The van der Waals surface area contributed by atoms with Crippen LogP contribution in [0.5, 0.6) is 0 Å². The molecule has 0 atom stereocenters. The lowest BCUT2D eigenvalue weighted by molar-refractivity contribution is 0.0766. The highest BCUT2D eigenvalue weighted by Gasteiger charge is 2.24. The molecule has 0 radical (unpaired) electrons. The quantitative estimate of drug-likeness (QED) is 0.830. The van der Waals surface area contributed by atoms with Gasteiger partial charge in [-0.2, -0.15) is 0 Å². The predicted octanol–water partition coefficient (Wildman–Crippen LogP) is 1.30. The number of benzene rings is 1. The van der Waals surface area contributed by atoms with E-state index in [2.05, 4.69) is 5.32 Å². The molecule has 2 rings (SSSR count). The van der Waals surface area contributed by atoms with E-state index in [0.29, 0.717) is 39.3 Å². The first-order chi connectivity index (χ1) is 11.2. The summed E-state index contributed by atoms with van der Waals surface area (Å²) in [5.41, 5.74) is 0.956. The average Bonchev–Trinajstić information content (AvgIpc) is 2.61. The second kappa shape index (κ2) is 8.99. The third-order valence-electron chi connectivity index (χ3n) is 3.61. The maximum atomic E-state index is 12.0. The van der Waals surface area contributed by atoms with Gasteiger partial charge in [-0.3, -0.25) is 0 Å². The predicted molar refractivity (Wildman–Crippen MR) is 85.0 cm³/mol. The molecule has 0 saturated carbocycles. The number of hydrogen-bond donors (Lipinski definition) is 1. The molecule has 1 fully saturated rings. The zero-order valence-corrected chi connectivity index (χ0v) is 13.4. The molecule has 1 aliphatic heterocycles. The molecular weight excluding hydrogens is 298 g/mol. The van der Waals surface area contributed by atoms with Crippen LogP contribution in [0, 0.1) is 0 Å². The van der Waals surface area contributed by atoms with Crippen molar-refractivity contribution < 1.29 is 19.1 Å². The van der Waals surface area contributed by atoms with Crippen molar-refractivity contribution in [1.82, 2.24) is 15.1 Å². The van der Waals surface area contributed by atoms with Gasteiger partial charge in [-0.25, -0.2) is 9.59 Å². The summed E-state index contributed by atoms with van der Waals surface area (Å²) >= 11 is 0. The molecule has 0 aliphatic carbocycles. The summed E-state index contributed by atoms with van der Waals surface area (Å²) in [4.78, 5) is 27.2. The van der Waals surface area contributed by atoms with Gasteiger partial charge in [0.05, 0.1) is 6.61 Å². The van der Waals surface area contributed by atoms with E-state index in [0.717, 1.165) is 5.56 Å². The van der Waals surface area contributed by atoms with Crippen LogP contribution in [0.15, 0.2) is 30.3 Å². The van der Waals surface area contributed by atoms with E-state index in [1.54, 1.807) is 16.9 Å². The molecule has 1 aliphatic rings. The fourth-order valence-corrected chi connectivity index (χ4v) is 2.27. The van der Waals surface area contributed by atoms with Crippen LogP contribution in [-0.4, -0.2) is 68.4 Å². The lowest BCUT2D eigenvalue weighted by Gasteiger charge is -2.34. The van der Waals surface area contributed by atoms with Crippen molar-refractivity contribution in [3.8, 4) is 0 Å². The maximum absolute atomic E-state index is 12.0. The largest absolute Gasteiger partial charge is 0.445 e. The monoisotopic (exact) mass is 321 g/mol. The van der Waals surface area contributed by atoms with Gasteiger partial charge in [0.1, 0.15) is 6.61 Å². The fraction of sp³-hybridized carbons (Fsp3) is 0.500. The van der Waals surface area contributed by atoms with Crippen molar-refractivity contribution in [1.29, 1.82) is 0 Å². The van der Waals surface area contributed by atoms with E-state index in [-0.39, 0.29) is 18.7 Å². The number of nitrogens with one attached hydrogen (secondary N) is 1. The average molecular weight is 321 g/mol. The minimum atomic E-state index is -0.340. The Kier molecular flexibility index (Phi) is 6.68. The molecule has 7 heteroatoms. The molecule has 1 N–H and O–H groups in total. The van der Waals surface area contributed by atoms with Gasteiger partial charge in [0, 0.05) is 39.8 Å². The number of carbonyl (C=O) groups is 2. The molecule has 0 aromatic heterocycles. The third-order valence-corrected chi connectivity index (χ3v) is 3.61. The molecule has 23 heavy (non-hydrogen) atoms. The van der Waals surface area contributed by atoms with Gasteiger partial charge >= 0.3 is 12.1 Å². The Labute approximate surface area is 136 Å². The minimum Gasteiger partial charge on any atom is -0.445 e. The summed E-state index contributed by atoms with van der Waals surface area (Å²) in [5.74, 6) is 0. The first kappa shape index (κ1) is 17.1. The van der Waals surface area contributed by atoms with Gasteiger partial charge < -0.3 is 24.6 Å². The summed E-state index contributed by atoms with van der Waals surface area (Å²) in [5, 5.41) is 2.77. The van der Waals surface area contributed by atoms with Crippen molar-refractivity contribution in [2.24, 2.45) is 0 Å². The Morgan fingerprint density at radius 3 is 2.39 bits per heavy atom. The summed E-state index contributed by atoms with van der Waals surface area (Å²) in [7, 11) is 1.59. The Bertz CT molecular complexity index is 501. The molecule has 0 spiro atoms. The molecular formula is C16H23N3O4. The van der Waals surface area contributed by atoms with Crippen molar-refractivity contribution in [3.05, 3.63) is 35.9 Å². The fourth-order valence-electron chi connectivity index (χ4n) is 2.27. The highest BCUT2D eigenvalue weighted by Crippen LogP contribution is 2.07. The number of ether oxygens (including phenoxy) is 2. The van der Waals surface area contributed by atoms with E-state index in [9.17, 15) is 9.59 Å². The van der Waals surface area contributed by atoms with Crippen molar-refractivity contribution in [2.75, 3.05) is 46.4 Å². The van der Waals surface area contributed by atoms with Gasteiger partial charge in [-0.15, -0.1) is 0 Å². The van der Waals surface area contributed by atoms with Crippen molar-refractivity contribution in [3.63, 3.8) is 0 Å². The zero-order chi connectivity index (χ0) is 16.5. The van der Waals surface area contributed by atoms with Gasteiger partial charge in [-0.05, 0) is 5.56 Å². The number of hydrogen-bond acceptors (Lipinski definition) is 4. The highest BCUT2D eigenvalue weighted by atomic mass is 16.6. The standard InChI is InChI=1S/C16H23N3O4/c1-22-12-7-17-15(20)18-8-10-19(11-9-18)16(21)23-13-14-5-3-2-4-6-14/h2-6H,7-13H2,1H3,(H,17,20). The number of piperazine rings is 1.